The first-order valence-electron chi connectivity index (χ1n) is 7.80. The van der Waals surface area contributed by atoms with E-state index in [1.807, 2.05) is 0 Å². The van der Waals surface area contributed by atoms with E-state index in [-0.39, 0.29) is 23.2 Å². The Morgan fingerprint density at radius 2 is 2.18 bits per heavy atom. The average molecular weight is 312 g/mol. The summed E-state index contributed by atoms with van der Waals surface area (Å²) in [6.07, 6.45) is 1.65. The second kappa shape index (κ2) is 6.46. The number of rotatable bonds is 5. The Labute approximate surface area is 132 Å². The van der Waals surface area contributed by atoms with Crippen LogP contribution in [0.1, 0.15) is 40.0 Å². The second-order valence-corrected chi connectivity index (χ2v) is 7.65. The highest BCUT2D eigenvalue weighted by atomic mass is 16.7. The number of carbonyl (C=O) groups is 1. The van der Waals surface area contributed by atoms with Crippen LogP contribution in [0.15, 0.2) is 12.3 Å². The Hall–Kier alpha value is -1.27. The standard InChI is InChI=1S/C16H28N2O4/c1-11-8-20-13(21-11)7-18-10-16(4)6-12(22-14(17)19)5-15(2,3)9-16/h12-13,18H,1,5-10H2,2-4H3,(H2,17,19). The lowest BCUT2D eigenvalue weighted by Gasteiger charge is -2.46. The summed E-state index contributed by atoms with van der Waals surface area (Å²) < 4.78 is 16.1. The predicted molar refractivity (Wildman–Crippen MR) is 83.0 cm³/mol. The summed E-state index contributed by atoms with van der Waals surface area (Å²) in [5, 5.41) is 3.41. The van der Waals surface area contributed by atoms with Crippen molar-refractivity contribution in [3.8, 4) is 0 Å². The first-order chi connectivity index (χ1) is 10.2. The lowest BCUT2D eigenvalue weighted by molar-refractivity contribution is -0.0384. The first kappa shape index (κ1) is 17.1. The van der Waals surface area contributed by atoms with Gasteiger partial charge >= 0.3 is 6.09 Å². The molecule has 2 aliphatic rings. The zero-order valence-corrected chi connectivity index (χ0v) is 13.8. The summed E-state index contributed by atoms with van der Waals surface area (Å²) in [6.45, 7) is 12.3. The molecular weight excluding hydrogens is 284 g/mol. The lowest BCUT2D eigenvalue weighted by Crippen LogP contribution is -2.46. The molecular formula is C16H28N2O4. The molecule has 0 bridgehead atoms. The normalized spacial score (nSPS) is 34.2. The fourth-order valence-electron chi connectivity index (χ4n) is 3.95. The molecule has 3 unspecified atom stereocenters. The third-order valence-electron chi connectivity index (χ3n) is 4.28. The second-order valence-electron chi connectivity index (χ2n) is 7.65. The molecule has 6 heteroatoms. The minimum Gasteiger partial charge on any atom is -0.466 e. The molecule has 6 nitrogen and oxygen atoms in total. The maximum Gasteiger partial charge on any atom is 0.404 e. The molecule has 0 aromatic rings. The molecule has 3 N–H and O–H groups in total. The molecule has 1 aliphatic carbocycles. The summed E-state index contributed by atoms with van der Waals surface area (Å²) in [5.74, 6) is 0.673. The number of hydrogen-bond donors (Lipinski definition) is 2. The van der Waals surface area contributed by atoms with E-state index in [2.05, 4.69) is 32.7 Å². The van der Waals surface area contributed by atoms with Crippen LogP contribution in [0.5, 0.6) is 0 Å². The van der Waals surface area contributed by atoms with Crippen molar-refractivity contribution in [2.45, 2.75) is 52.4 Å². The fraction of sp³-hybridized carbons (Fsp3) is 0.812. The molecule has 0 radical (unpaired) electrons. The Bertz CT molecular complexity index is 438. The quantitative estimate of drug-likeness (QED) is 0.812. The number of nitrogens with two attached hydrogens (primary N) is 1. The van der Waals surface area contributed by atoms with Crippen molar-refractivity contribution in [2.75, 3.05) is 19.7 Å². The molecule has 0 aromatic carbocycles. The topological polar surface area (TPSA) is 82.8 Å². The van der Waals surface area contributed by atoms with Crippen molar-refractivity contribution in [3.63, 3.8) is 0 Å². The van der Waals surface area contributed by atoms with Crippen LogP contribution in [0, 0.1) is 10.8 Å². The van der Waals surface area contributed by atoms with Crippen LogP contribution >= 0.6 is 0 Å². The smallest absolute Gasteiger partial charge is 0.404 e. The summed E-state index contributed by atoms with van der Waals surface area (Å²) in [4.78, 5) is 11.1. The van der Waals surface area contributed by atoms with Gasteiger partial charge < -0.3 is 25.3 Å². The van der Waals surface area contributed by atoms with Crippen LogP contribution in [-0.4, -0.2) is 38.2 Å². The van der Waals surface area contributed by atoms with Gasteiger partial charge in [0.15, 0.2) is 0 Å². The minimum absolute atomic E-state index is 0.0392. The predicted octanol–water partition coefficient (Wildman–Crippen LogP) is 2.14. The van der Waals surface area contributed by atoms with E-state index < -0.39 is 6.09 Å². The van der Waals surface area contributed by atoms with Crippen molar-refractivity contribution < 1.29 is 19.0 Å². The van der Waals surface area contributed by atoms with Gasteiger partial charge in [0.05, 0.1) is 6.54 Å². The van der Waals surface area contributed by atoms with Crippen molar-refractivity contribution in [2.24, 2.45) is 16.6 Å². The summed E-state index contributed by atoms with van der Waals surface area (Å²) in [7, 11) is 0. The minimum atomic E-state index is -0.690. The molecule has 0 aromatic heterocycles. The number of ether oxygens (including phenoxy) is 3. The fourth-order valence-corrected chi connectivity index (χ4v) is 3.95. The monoisotopic (exact) mass is 312 g/mol. The van der Waals surface area contributed by atoms with E-state index in [9.17, 15) is 4.79 Å². The lowest BCUT2D eigenvalue weighted by atomic mass is 9.63. The van der Waals surface area contributed by atoms with Gasteiger partial charge in [-0.25, -0.2) is 4.79 Å². The highest BCUT2D eigenvalue weighted by molar-refractivity contribution is 5.64. The van der Waals surface area contributed by atoms with Gasteiger partial charge in [-0.15, -0.1) is 0 Å². The summed E-state index contributed by atoms with van der Waals surface area (Å²) in [6, 6.07) is 0. The van der Waals surface area contributed by atoms with E-state index in [1.165, 1.54) is 0 Å². The molecule has 2 fully saturated rings. The molecule has 1 heterocycles. The Morgan fingerprint density at radius 3 is 2.77 bits per heavy atom. The van der Waals surface area contributed by atoms with Crippen LogP contribution in [0.2, 0.25) is 0 Å². The van der Waals surface area contributed by atoms with E-state index in [4.69, 9.17) is 19.9 Å². The van der Waals surface area contributed by atoms with E-state index >= 15 is 0 Å². The molecule has 1 saturated heterocycles. The number of hydrogen-bond acceptors (Lipinski definition) is 5. The van der Waals surface area contributed by atoms with Crippen molar-refractivity contribution in [1.82, 2.24) is 5.32 Å². The van der Waals surface area contributed by atoms with Crippen LogP contribution in [0.4, 0.5) is 4.79 Å². The van der Waals surface area contributed by atoms with Crippen molar-refractivity contribution in [3.05, 3.63) is 12.3 Å². The van der Waals surface area contributed by atoms with Gasteiger partial charge in [-0.2, -0.15) is 0 Å². The Kier molecular flexibility index (Phi) is 5.02. The van der Waals surface area contributed by atoms with Gasteiger partial charge in [0.25, 0.3) is 0 Å². The SMILES string of the molecule is C=C1COC(CNCC2(C)CC(OC(N)=O)CC(C)(C)C2)O1. The molecule has 126 valence electrons. The highest BCUT2D eigenvalue weighted by Gasteiger charge is 2.42. The molecule has 0 spiro atoms. The first-order valence-corrected chi connectivity index (χ1v) is 7.80. The summed E-state index contributed by atoms with van der Waals surface area (Å²) >= 11 is 0. The van der Waals surface area contributed by atoms with Crippen LogP contribution < -0.4 is 11.1 Å². The molecule has 1 aliphatic heterocycles. The van der Waals surface area contributed by atoms with E-state index in [0.717, 1.165) is 25.8 Å². The zero-order chi connectivity index (χ0) is 16.4. The number of nitrogens with one attached hydrogen (secondary N) is 1. The number of amides is 1. The third kappa shape index (κ3) is 4.88. The Morgan fingerprint density at radius 1 is 1.45 bits per heavy atom. The van der Waals surface area contributed by atoms with Crippen LogP contribution in [0.25, 0.3) is 0 Å². The third-order valence-corrected chi connectivity index (χ3v) is 4.28. The van der Waals surface area contributed by atoms with Crippen molar-refractivity contribution >= 4 is 6.09 Å². The van der Waals surface area contributed by atoms with Gasteiger partial charge in [-0.05, 0) is 30.1 Å². The van der Waals surface area contributed by atoms with Gasteiger partial charge in [-0.3, -0.25) is 0 Å². The van der Waals surface area contributed by atoms with Crippen molar-refractivity contribution in [1.29, 1.82) is 0 Å². The average Bonchev–Trinajstić information content (AvgIpc) is 2.70. The maximum atomic E-state index is 11.1. The van der Waals surface area contributed by atoms with E-state index in [1.54, 1.807) is 0 Å². The maximum absolute atomic E-state index is 11.1. The number of carbonyl (C=O) groups excluding carboxylic acids is 1. The van der Waals surface area contributed by atoms with Gasteiger partial charge in [-0.1, -0.05) is 27.4 Å². The highest BCUT2D eigenvalue weighted by Crippen LogP contribution is 2.46. The molecule has 3 atom stereocenters. The molecule has 1 amide bonds. The zero-order valence-electron chi connectivity index (χ0n) is 13.8. The van der Waals surface area contributed by atoms with Crippen LogP contribution in [0.3, 0.4) is 0 Å². The van der Waals surface area contributed by atoms with Gasteiger partial charge in [0.1, 0.15) is 18.5 Å². The number of primary amides is 1. The van der Waals surface area contributed by atoms with Gasteiger partial charge in [0, 0.05) is 6.54 Å². The largest absolute Gasteiger partial charge is 0.466 e. The molecule has 22 heavy (non-hydrogen) atoms. The molecule has 1 saturated carbocycles. The van der Waals surface area contributed by atoms with Gasteiger partial charge in [0.2, 0.25) is 6.29 Å². The van der Waals surface area contributed by atoms with Crippen LogP contribution in [-0.2, 0) is 14.2 Å². The Balaban J connectivity index is 1.86. The van der Waals surface area contributed by atoms with E-state index in [0.29, 0.717) is 18.9 Å². The summed E-state index contributed by atoms with van der Waals surface area (Å²) in [5.41, 5.74) is 5.33. The molecule has 2 rings (SSSR count).